The number of nitrogens with zero attached hydrogens (tertiary/aromatic N) is 3. The normalized spacial score (nSPS) is 18.4. The van der Waals surface area contributed by atoms with Gasteiger partial charge in [-0.15, -0.1) is 0 Å². The largest absolute Gasteiger partial charge is 0.459 e. The van der Waals surface area contributed by atoms with Gasteiger partial charge in [0.05, 0.1) is 16.7 Å². The summed E-state index contributed by atoms with van der Waals surface area (Å²) < 4.78 is 6.23. The van der Waals surface area contributed by atoms with Crippen molar-refractivity contribution < 1.29 is 9.34 Å². The van der Waals surface area contributed by atoms with Crippen molar-refractivity contribution in [3.63, 3.8) is 0 Å². The van der Waals surface area contributed by atoms with Crippen LogP contribution in [0.25, 0.3) is 11.3 Å². The smallest absolute Gasteiger partial charge is 0.269 e. The van der Waals surface area contributed by atoms with Crippen LogP contribution in [0.3, 0.4) is 0 Å². The average Bonchev–Trinajstić information content (AvgIpc) is 3.37. The molecule has 154 valence electrons. The van der Waals surface area contributed by atoms with Gasteiger partial charge in [0.2, 0.25) is 0 Å². The Labute approximate surface area is 179 Å². The number of pyridine rings is 1. The first-order chi connectivity index (χ1) is 14.6. The zero-order valence-electron chi connectivity index (χ0n) is 16.5. The van der Waals surface area contributed by atoms with E-state index in [2.05, 4.69) is 22.1 Å². The highest BCUT2D eigenvalue weighted by Crippen LogP contribution is 2.40. The lowest BCUT2D eigenvalue weighted by Gasteiger charge is -2.25. The van der Waals surface area contributed by atoms with Crippen molar-refractivity contribution in [2.24, 2.45) is 0 Å². The minimum Gasteiger partial charge on any atom is -0.459 e. The lowest BCUT2D eigenvalue weighted by Crippen LogP contribution is -2.30. The van der Waals surface area contributed by atoms with Crippen LogP contribution >= 0.6 is 12.2 Å². The summed E-state index contributed by atoms with van der Waals surface area (Å²) in [4.78, 5) is 17.2. The lowest BCUT2D eigenvalue weighted by molar-refractivity contribution is -0.384. The van der Waals surface area contributed by atoms with Crippen LogP contribution in [0.4, 0.5) is 5.69 Å². The molecule has 1 saturated heterocycles. The highest BCUT2D eigenvalue weighted by Gasteiger charge is 2.41. The molecular formula is C22H22N4O3S. The van der Waals surface area contributed by atoms with E-state index >= 15 is 0 Å². The van der Waals surface area contributed by atoms with Gasteiger partial charge in [0.15, 0.2) is 5.11 Å². The Morgan fingerprint density at radius 3 is 2.67 bits per heavy atom. The van der Waals surface area contributed by atoms with E-state index in [-0.39, 0.29) is 17.8 Å². The molecule has 0 aliphatic carbocycles. The van der Waals surface area contributed by atoms with Crippen molar-refractivity contribution >= 4 is 23.0 Å². The molecule has 0 amide bonds. The second-order valence-corrected chi connectivity index (χ2v) is 7.57. The van der Waals surface area contributed by atoms with Crippen molar-refractivity contribution in [1.29, 1.82) is 0 Å². The number of aromatic nitrogens is 1. The number of benzene rings is 1. The van der Waals surface area contributed by atoms with Crippen LogP contribution in [0.2, 0.25) is 0 Å². The Kier molecular flexibility index (Phi) is 5.76. The average molecular weight is 423 g/mol. The fraction of sp³-hybridized carbons (Fsp3) is 0.273. The first-order valence-corrected chi connectivity index (χ1v) is 10.3. The van der Waals surface area contributed by atoms with E-state index in [4.69, 9.17) is 16.6 Å². The Hall–Kier alpha value is -3.26. The fourth-order valence-electron chi connectivity index (χ4n) is 3.70. The minimum atomic E-state index is -0.411. The Morgan fingerprint density at radius 1 is 1.20 bits per heavy atom. The number of furan rings is 1. The van der Waals surface area contributed by atoms with E-state index in [1.54, 1.807) is 18.3 Å². The Bertz CT molecular complexity index is 1040. The first-order valence-electron chi connectivity index (χ1n) is 9.91. The molecule has 2 atom stereocenters. The van der Waals surface area contributed by atoms with Gasteiger partial charge in [-0.1, -0.05) is 19.4 Å². The van der Waals surface area contributed by atoms with Crippen molar-refractivity contribution in [2.75, 3.05) is 6.54 Å². The van der Waals surface area contributed by atoms with E-state index in [1.807, 2.05) is 30.3 Å². The predicted octanol–water partition coefficient (Wildman–Crippen LogP) is 5.02. The van der Waals surface area contributed by atoms with Crippen molar-refractivity contribution in [2.45, 2.75) is 31.8 Å². The summed E-state index contributed by atoms with van der Waals surface area (Å²) in [6.45, 7) is 2.97. The van der Waals surface area contributed by atoms with Crippen molar-refractivity contribution in [3.8, 4) is 11.3 Å². The summed E-state index contributed by atoms with van der Waals surface area (Å²) in [7, 11) is 0. The van der Waals surface area contributed by atoms with Crippen molar-refractivity contribution in [1.82, 2.24) is 15.2 Å². The highest BCUT2D eigenvalue weighted by molar-refractivity contribution is 7.80. The zero-order valence-corrected chi connectivity index (χ0v) is 17.3. The van der Waals surface area contributed by atoms with Gasteiger partial charge < -0.3 is 14.6 Å². The summed E-state index contributed by atoms with van der Waals surface area (Å²) in [5.74, 6) is 1.44. The maximum atomic E-state index is 10.9. The maximum Gasteiger partial charge on any atom is 0.269 e. The van der Waals surface area contributed by atoms with Gasteiger partial charge in [0.25, 0.3) is 5.69 Å². The molecule has 0 saturated carbocycles. The van der Waals surface area contributed by atoms with Crippen LogP contribution in [-0.2, 0) is 0 Å². The molecule has 3 aromatic rings. The molecule has 1 aromatic carbocycles. The number of nitro groups is 1. The van der Waals surface area contributed by atoms with Gasteiger partial charge in [0, 0.05) is 30.4 Å². The summed E-state index contributed by atoms with van der Waals surface area (Å²) in [5, 5.41) is 15.0. The first kappa shape index (κ1) is 20.0. The number of rotatable bonds is 7. The van der Waals surface area contributed by atoms with Gasteiger partial charge in [-0.3, -0.25) is 15.1 Å². The molecule has 7 nitrogen and oxygen atoms in total. The molecule has 0 unspecified atom stereocenters. The Morgan fingerprint density at radius 2 is 2.00 bits per heavy atom. The Balaban J connectivity index is 1.67. The third-order valence-electron chi connectivity index (χ3n) is 5.23. The van der Waals surface area contributed by atoms with E-state index in [1.165, 1.54) is 12.1 Å². The van der Waals surface area contributed by atoms with Crippen LogP contribution in [0, 0.1) is 10.1 Å². The van der Waals surface area contributed by atoms with E-state index in [0.29, 0.717) is 10.9 Å². The molecule has 0 spiro atoms. The predicted molar refractivity (Wildman–Crippen MR) is 118 cm³/mol. The molecule has 0 bridgehead atoms. The molecule has 1 aliphatic rings. The number of nitro benzene ring substituents is 1. The number of unbranched alkanes of at least 4 members (excludes halogenated alkanes) is 1. The monoisotopic (exact) mass is 422 g/mol. The zero-order chi connectivity index (χ0) is 21.1. The number of non-ortho nitro benzene ring substituents is 1. The van der Waals surface area contributed by atoms with Crippen LogP contribution in [0.5, 0.6) is 0 Å². The molecule has 0 radical (unpaired) electrons. The van der Waals surface area contributed by atoms with E-state index in [9.17, 15) is 10.1 Å². The molecule has 1 fully saturated rings. The second-order valence-electron chi connectivity index (χ2n) is 7.18. The fourth-order valence-corrected chi connectivity index (χ4v) is 4.03. The standard InChI is InChI=1S/C22H22N4O3S/c1-2-3-14-25-21(20(24-22(25)30)17-6-4-5-13-23-17)19-12-11-18(29-19)15-7-9-16(10-8-15)26(27)28/h4-13,20-21H,2-3,14H2,1H3,(H,24,30)/t20-,21+/m1/s1. The number of thiocarbonyl (C=S) groups is 1. The SMILES string of the molecule is CCCCN1C(=S)N[C@H](c2ccccn2)[C@@H]1c1ccc(-c2ccc([N+](=O)[O-])cc2)o1. The summed E-state index contributed by atoms with van der Waals surface area (Å²) in [6, 6.07) is 15.8. The van der Waals surface area contributed by atoms with Crippen LogP contribution in [-0.4, -0.2) is 26.5 Å². The van der Waals surface area contributed by atoms with Gasteiger partial charge in [0.1, 0.15) is 17.6 Å². The molecular weight excluding hydrogens is 400 g/mol. The van der Waals surface area contributed by atoms with Gasteiger partial charge in [-0.05, 0) is 55.0 Å². The molecule has 4 rings (SSSR count). The molecule has 1 N–H and O–H groups in total. The molecule has 30 heavy (non-hydrogen) atoms. The summed E-state index contributed by atoms with van der Waals surface area (Å²) >= 11 is 5.63. The number of nitrogens with one attached hydrogen (secondary N) is 1. The lowest BCUT2D eigenvalue weighted by atomic mass is 10.0. The van der Waals surface area contributed by atoms with Crippen molar-refractivity contribution in [3.05, 3.63) is 82.4 Å². The maximum absolute atomic E-state index is 10.9. The van der Waals surface area contributed by atoms with Crippen LogP contribution in [0.15, 0.2) is 65.2 Å². The summed E-state index contributed by atoms with van der Waals surface area (Å²) in [6.07, 6.45) is 3.85. The molecule has 1 aliphatic heterocycles. The van der Waals surface area contributed by atoms with Crippen LogP contribution in [0.1, 0.15) is 43.3 Å². The number of hydrogen-bond acceptors (Lipinski definition) is 5. The van der Waals surface area contributed by atoms with Crippen LogP contribution < -0.4 is 5.32 Å². The number of hydrogen-bond donors (Lipinski definition) is 1. The summed E-state index contributed by atoms with van der Waals surface area (Å²) in [5.41, 5.74) is 1.74. The third-order valence-corrected chi connectivity index (χ3v) is 5.58. The minimum absolute atomic E-state index is 0.0526. The highest BCUT2D eigenvalue weighted by atomic mass is 32.1. The van der Waals surface area contributed by atoms with Gasteiger partial charge >= 0.3 is 0 Å². The molecule has 8 heteroatoms. The third kappa shape index (κ3) is 3.91. The van der Waals surface area contributed by atoms with E-state index < -0.39 is 4.92 Å². The quantitative estimate of drug-likeness (QED) is 0.325. The topological polar surface area (TPSA) is 84.4 Å². The molecule has 2 aromatic heterocycles. The van der Waals surface area contributed by atoms with Gasteiger partial charge in [-0.2, -0.15) is 0 Å². The molecule has 3 heterocycles. The van der Waals surface area contributed by atoms with Gasteiger partial charge in [-0.25, -0.2) is 0 Å². The second kappa shape index (κ2) is 8.62. The van der Waals surface area contributed by atoms with E-state index in [0.717, 1.165) is 36.4 Å².